The van der Waals surface area contributed by atoms with Crippen LogP contribution in [0.2, 0.25) is 0 Å². The first-order chi connectivity index (χ1) is 13.5. The van der Waals surface area contributed by atoms with Crippen molar-refractivity contribution in [2.45, 2.75) is 52.0 Å². The van der Waals surface area contributed by atoms with Crippen LogP contribution in [0.1, 0.15) is 53.0 Å². The molecule has 0 atom stereocenters. The Morgan fingerprint density at radius 1 is 1.11 bits per heavy atom. The molecular formula is C22H28FN3OS. The molecule has 0 aliphatic carbocycles. The number of aromatic nitrogens is 1. The van der Waals surface area contributed by atoms with Crippen molar-refractivity contribution in [1.29, 1.82) is 0 Å². The number of likely N-dealkylation sites (tertiary alicyclic amines) is 2. The zero-order valence-corrected chi connectivity index (χ0v) is 17.5. The largest absolute Gasteiger partial charge is 0.338 e. The van der Waals surface area contributed by atoms with E-state index in [0.29, 0.717) is 6.04 Å². The third-order valence-corrected chi connectivity index (χ3v) is 7.25. The number of amides is 1. The molecule has 2 saturated heterocycles. The summed E-state index contributed by atoms with van der Waals surface area (Å²) in [6.07, 6.45) is 6.10. The second-order valence-corrected chi connectivity index (χ2v) is 9.01. The smallest absolute Gasteiger partial charge is 0.265 e. The van der Waals surface area contributed by atoms with Gasteiger partial charge in [0.25, 0.3) is 5.91 Å². The third-order valence-electron chi connectivity index (χ3n) is 6.07. The van der Waals surface area contributed by atoms with Crippen molar-refractivity contribution in [3.05, 3.63) is 40.2 Å². The highest BCUT2D eigenvalue weighted by Gasteiger charge is 2.29. The molecule has 4 rings (SSSR count). The Balaban J connectivity index is 1.45. The monoisotopic (exact) mass is 401 g/mol. The zero-order chi connectivity index (χ0) is 19.7. The fraction of sp³-hybridized carbons (Fsp3) is 0.545. The molecule has 2 aliphatic rings. The van der Waals surface area contributed by atoms with Crippen LogP contribution in [0.5, 0.6) is 0 Å². The van der Waals surface area contributed by atoms with Gasteiger partial charge < -0.3 is 9.80 Å². The minimum atomic E-state index is -0.248. The minimum Gasteiger partial charge on any atom is -0.338 e. The van der Waals surface area contributed by atoms with Crippen LogP contribution < -0.4 is 0 Å². The van der Waals surface area contributed by atoms with E-state index < -0.39 is 0 Å². The van der Waals surface area contributed by atoms with Gasteiger partial charge in [-0.1, -0.05) is 6.42 Å². The van der Waals surface area contributed by atoms with Gasteiger partial charge in [-0.25, -0.2) is 9.37 Å². The summed E-state index contributed by atoms with van der Waals surface area (Å²) in [6, 6.07) is 5.34. The molecule has 0 radical (unpaired) electrons. The van der Waals surface area contributed by atoms with E-state index >= 15 is 0 Å². The highest BCUT2D eigenvalue weighted by molar-refractivity contribution is 7.17. The van der Waals surface area contributed by atoms with Gasteiger partial charge >= 0.3 is 0 Å². The number of hydrogen-bond donors (Lipinski definition) is 0. The number of hydrogen-bond acceptors (Lipinski definition) is 4. The summed E-state index contributed by atoms with van der Waals surface area (Å²) in [4.78, 5) is 23.1. The number of aryl methyl sites for hydroxylation is 2. The molecule has 0 unspecified atom stereocenters. The maximum Gasteiger partial charge on any atom is 0.265 e. The van der Waals surface area contributed by atoms with E-state index in [4.69, 9.17) is 0 Å². The second-order valence-electron chi connectivity index (χ2n) is 8.01. The first kappa shape index (κ1) is 19.5. The highest BCUT2D eigenvalue weighted by Crippen LogP contribution is 2.32. The molecule has 3 heterocycles. The maximum absolute atomic E-state index is 13.4. The summed E-state index contributed by atoms with van der Waals surface area (Å²) in [5.74, 6) is -0.152. The van der Waals surface area contributed by atoms with Crippen molar-refractivity contribution < 1.29 is 9.18 Å². The zero-order valence-electron chi connectivity index (χ0n) is 16.7. The molecule has 150 valence electrons. The number of nitrogens with zero attached hydrogens (tertiary/aromatic N) is 3. The molecule has 0 bridgehead atoms. The lowest BCUT2D eigenvalue weighted by atomic mass is 10.00. The normalized spacial score (nSPS) is 19.2. The van der Waals surface area contributed by atoms with E-state index in [9.17, 15) is 9.18 Å². The van der Waals surface area contributed by atoms with Crippen molar-refractivity contribution in [1.82, 2.24) is 14.8 Å². The van der Waals surface area contributed by atoms with Crippen LogP contribution in [-0.4, -0.2) is 52.9 Å². The van der Waals surface area contributed by atoms with Gasteiger partial charge in [-0.3, -0.25) is 4.79 Å². The van der Waals surface area contributed by atoms with E-state index in [-0.39, 0.29) is 11.7 Å². The lowest BCUT2D eigenvalue weighted by molar-refractivity contribution is 0.0593. The van der Waals surface area contributed by atoms with Crippen LogP contribution in [-0.2, 0) is 0 Å². The van der Waals surface area contributed by atoms with Gasteiger partial charge in [0.1, 0.15) is 15.7 Å². The quantitative estimate of drug-likeness (QED) is 0.751. The predicted octanol–water partition coefficient (Wildman–Crippen LogP) is 4.66. The second kappa shape index (κ2) is 8.29. The molecule has 0 saturated carbocycles. The number of rotatable bonds is 3. The molecule has 4 nitrogen and oxygen atoms in total. The van der Waals surface area contributed by atoms with Crippen molar-refractivity contribution in [2.75, 3.05) is 26.2 Å². The van der Waals surface area contributed by atoms with Crippen LogP contribution in [0.3, 0.4) is 0 Å². The van der Waals surface area contributed by atoms with Gasteiger partial charge in [-0.05, 0) is 76.4 Å². The third kappa shape index (κ3) is 3.98. The first-order valence-corrected chi connectivity index (χ1v) is 11.1. The van der Waals surface area contributed by atoms with Crippen molar-refractivity contribution in [3.63, 3.8) is 0 Å². The Hall–Kier alpha value is -1.79. The van der Waals surface area contributed by atoms with Gasteiger partial charge in [-0.2, -0.15) is 0 Å². The van der Waals surface area contributed by atoms with Crippen LogP contribution in [0, 0.1) is 19.7 Å². The number of benzene rings is 1. The van der Waals surface area contributed by atoms with E-state index in [1.54, 1.807) is 6.07 Å². The highest BCUT2D eigenvalue weighted by atomic mass is 32.1. The average Bonchev–Trinajstić information content (AvgIpc) is 3.09. The minimum absolute atomic E-state index is 0.0955. The summed E-state index contributed by atoms with van der Waals surface area (Å²) >= 11 is 1.43. The molecule has 0 spiro atoms. The van der Waals surface area contributed by atoms with Gasteiger partial charge in [0, 0.05) is 24.7 Å². The molecule has 2 fully saturated rings. The molecule has 1 aromatic heterocycles. The summed E-state index contributed by atoms with van der Waals surface area (Å²) < 4.78 is 13.4. The molecular weight excluding hydrogens is 373 g/mol. The van der Waals surface area contributed by atoms with Crippen LogP contribution >= 0.6 is 11.3 Å². The van der Waals surface area contributed by atoms with Crippen LogP contribution in [0.15, 0.2) is 18.2 Å². The fourth-order valence-corrected chi connectivity index (χ4v) is 5.56. The predicted molar refractivity (Wildman–Crippen MR) is 111 cm³/mol. The fourth-order valence-electron chi connectivity index (χ4n) is 4.44. The Labute approximate surface area is 170 Å². The summed E-state index contributed by atoms with van der Waals surface area (Å²) in [7, 11) is 0. The summed E-state index contributed by atoms with van der Waals surface area (Å²) in [5.41, 5.74) is 2.51. The standard InChI is InChI=1S/C22H28FN3OS/c1-15-14-17(23)6-7-19(15)21-24-16(2)20(28-21)22(27)26-12-8-18(9-13-26)25-10-4-3-5-11-25/h6-7,14,18H,3-5,8-13H2,1-2H3. The molecule has 1 amide bonds. The Kier molecular flexibility index (Phi) is 5.78. The topological polar surface area (TPSA) is 36.4 Å². The first-order valence-electron chi connectivity index (χ1n) is 10.3. The molecule has 28 heavy (non-hydrogen) atoms. The Morgan fingerprint density at radius 3 is 2.50 bits per heavy atom. The van der Waals surface area contributed by atoms with Gasteiger partial charge in [0.2, 0.25) is 0 Å². The summed E-state index contributed by atoms with van der Waals surface area (Å²) in [6.45, 7) is 7.85. The number of piperidine rings is 2. The van der Waals surface area contributed by atoms with Crippen molar-refractivity contribution in [2.24, 2.45) is 0 Å². The number of thiazole rings is 1. The molecule has 2 aromatic rings. The van der Waals surface area contributed by atoms with E-state index in [1.165, 1.54) is 55.8 Å². The number of halogens is 1. The van der Waals surface area contributed by atoms with E-state index in [0.717, 1.165) is 52.6 Å². The van der Waals surface area contributed by atoms with Crippen LogP contribution in [0.4, 0.5) is 4.39 Å². The lowest BCUT2D eigenvalue weighted by Crippen LogP contribution is -2.48. The van der Waals surface area contributed by atoms with Gasteiger partial charge in [0.15, 0.2) is 0 Å². The van der Waals surface area contributed by atoms with Crippen LogP contribution in [0.25, 0.3) is 10.6 Å². The summed E-state index contributed by atoms with van der Waals surface area (Å²) in [5, 5.41) is 0.793. The average molecular weight is 402 g/mol. The van der Waals surface area contributed by atoms with Gasteiger partial charge in [-0.15, -0.1) is 11.3 Å². The Bertz CT molecular complexity index is 851. The van der Waals surface area contributed by atoms with Crippen molar-refractivity contribution in [3.8, 4) is 10.6 Å². The maximum atomic E-state index is 13.4. The van der Waals surface area contributed by atoms with Crippen molar-refractivity contribution >= 4 is 17.2 Å². The Morgan fingerprint density at radius 2 is 1.82 bits per heavy atom. The molecule has 0 N–H and O–H groups in total. The number of carbonyl (C=O) groups is 1. The molecule has 6 heteroatoms. The van der Waals surface area contributed by atoms with E-state index in [1.807, 2.05) is 18.7 Å². The number of carbonyl (C=O) groups excluding carboxylic acids is 1. The van der Waals surface area contributed by atoms with E-state index in [2.05, 4.69) is 9.88 Å². The van der Waals surface area contributed by atoms with Gasteiger partial charge in [0.05, 0.1) is 5.69 Å². The lowest BCUT2D eigenvalue weighted by Gasteiger charge is -2.40. The SMILES string of the molecule is Cc1cc(F)ccc1-c1nc(C)c(C(=O)N2CCC(N3CCCCC3)CC2)s1. The molecule has 1 aromatic carbocycles. The molecule has 2 aliphatic heterocycles.